The van der Waals surface area contributed by atoms with E-state index in [1.807, 2.05) is 36.1 Å². The number of ether oxygens (including phenoxy) is 1. The van der Waals surface area contributed by atoms with Crippen molar-refractivity contribution in [2.45, 2.75) is 18.2 Å². The number of thioether (sulfide) groups is 1. The lowest BCUT2D eigenvalue weighted by Crippen LogP contribution is -2.37. The molecule has 2 aromatic rings. The van der Waals surface area contributed by atoms with Gasteiger partial charge in [-0.15, -0.1) is 0 Å². The summed E-state index contributed by atoms with van der Waals surface area (Å²) in [6.07, 6.45) is 0. The van der Waals surface area contributed by atoms with Crippen molar-refractivity contribution in [1.82, 2.24) is 0 Å². The Morgan fingerprint density at radius 1 is 1.14 bits per heavy atom. The molecule has 2 saturated heterocycles. The van der Waals surface area contributed by atoms with Crippen molar-refractivity contribution in [2.75, 3.05) is 23.5 Å². The number of fused-ring (bicyclic) bond motifs is 1. The molecular formula is C20H20N2O4S2. The van der Waals surface area contributed by atoms with E-state index in [1.165, 1.54) is 18.9 Å². The minimum atomic E-state index is -3.09. The number of aliphatic imine (C=N–C) groups is 1. The van der Waals surface area contributed by atoms with Gasteiger partial charge in [-0.2, -0.15) is 4.99 Å². The number of rotatable bonds is 3. The zero-order chi connectivity index (χ0) is 19.9. The molecular weight excluding hydrogens is 396 g/mol. The van der Waals surface area contributed by atoms with E-state index in [0.29, 0.717) is 16.5 Å². The van der Waals surface area contributed by atoms with E-state index >= 15 is 0 Å². The highest BCUT2D eigenvalue weighted by molar-refractivity contribution is 8.16. The summed E-state index contributed by atoms with van der Waals surface area (Å²) in [5.41, 5.74) is 2.33. The van der Waals surface area contributed by atoms with Gasteiger partial charge >= 0.3 is 0 Å². The third-order valence-corrected chi connectivity index (χ3v) is 8.12. The normalized spacial score (nSPS) is 24.4. The minimum absolute atomic E-state index is 0.0699. The molecule has 0 unspecified atom stereocenters. The fourth-order valence-electron chi connectivity index (χ4n) is 3.54. The number of carbonyl (C=O) groups is 1. The van der Waals surface area contributed by atoms with Gasteiger partial charge in [-0.05, 0) is 31.2 Å². The Kier molecular flexibility index (Phi) is 4.93. The van der Waals surface area contributed by atoms with Crippen molar-refractivity contribution >= 4 is 38.4 Å². The molecule has 0 saturated carbocycles. The molecule has 146 valence electrons. The van der Waals surface area contributed by atoms with Crippen molar-refractivity contribution in [3.63, 3.8) is 0 Å². The van der Waals surface area contributed by atoms with Crippen LogP contribution in [-0.2, 0) is 9.84 Å². The minimum Gasteiger partial charge on any atom is -0.496 e. The van der Waals surface area contributed by atoms with Crippen molar-refractivity contribution < 1.29 is 17.9 Å². The maximum atomic E-state index is 12.8. The molecule has 2 heterocycles. The third-order valence-electron chi connectivity index (χ3n) is 4.91. The molecule has 2 aromatic carbocycles. The quantitative estimate of drug-likeness (QED) is 0.766. The Hall–Kier alpha value is -2.32. The molecule has 2 aliphatic rings. The number of amidine groups is 1. The lowest BCUT2D eigenvalue weighted by Gasteiger charge is -2.24. The molecule has 1 amide bonds. The number of aryl methyl sites for hydroxylation is 1. The van der Waals surface area contributed by atoms with Gasteiger partial charge in [0.15, 0.2) is 15.0 Å². The smallest absolute Gasteiger partial charge is 0.283 e. The number of anilines is 1. The Bertz CT molecular complexity index is 1050. The highest BCUT2D eigenvalue weighted by Gasteiger charge is 2.49. The van der Waals surface area contributed by atoms with Gasteiger partial charge in [-0.25, -0.2) is 8.42 Å². The van der Waals surface area contributed by atoms with Crippen molar-refractivity contribution in [2.24, 2.45) is 4.99 Å². The first kappa shape index (κ1) is 19.0. The van der Waals surface area contributed by atoms with Gasteiger partial charge in [0.25, 0.3) is 5.91 Å². The van der Waals surface area contributed by atoms with Crippen LogP contribution >= 0.6 is 11.8 Å². The summed E-state index contributed by atoms with van der Waals surface area (Å²) < 4.78 is 29.6. The molecule has 0 aliphatic carbocycles. The lowest BCUT2D eigenvalue weighted by atomic mass is 10.1. The maximum Gasteiger partial charge on any atom is 0.283 e. The number of nitrogens with zero attached hydrogens (tertiary/aromatic N) is 2. The van der Waals surface area contributed by atoms with Gasteiger partial charge in [-0.1, -0.05) is 41.6 Å². The summed E-state index contributed by atoms with van der Waals surface area (Å²) in [6.45, 7) is 1.99. The summed E-state index contributed by atoms with van der Waals surface area (Å²) in [5, 5.41) is 0.403. The van der Waals surface area contributed by atoms with E-state index in [2.05, 4.69) is 4.99 Å². The van der Waals surface area contributed by atoms with Gasteiger partial charge < -0.3 is 9.64 Å². The van der Waals surface area contributed by atoms with Crippen LogP contribution in [0.2, 0.25) is 0 Å². The number of hydrogen-bond acceptors (Lipinski definition) is 5. The topological polar surface area (TPSA) is 76.0 Å². The largest absolute Gasteiger partial charge is 0.496 e. The first-order chi connectivity index (χ1) is 13.4. The predicted molar refractivity (Wildman–Crippen MR) is 112 cm³/mol. The Morgan fingerprint density at radius 2 is 1.86 bits per heavy atom. The van der Waals surface area contributed by atoms with Crippen LogP contribution in [0.5, 0.6) is 5.75 Å². The molecule has 2 atom stereocenters. The fourth-order valence-corrected chi connectivity index (χ4v) is 7.45. The van der Waals surface area contributed by atoms with Crippen molar-refractivity contribution in [1.29, 1.82) is 0 Å². The number of sulfone groups is 1. The number of methoxy groups -OCH3 is 1. The number of benzene rings is 2. The summed E-state index contributed by atoms with van der Waals surface area (Å²) in [5.74, 6) is 0.233. The molecule has 0 aromatic heterocycles. The maximum absolute atomic E-state index is 12.8. The van der Waals surface area contributed by atoms with Gasteiger partial charge in [0.05, 0.1) is 30.2 Å². The molecule has 0 spiro atoms. The average Bonchev–Trinajstić information content (AvgIpc) is 3.13. The summed E-state index contributed by atoms with van der Waals surface area (Å²) in [6, 6.07) is 14.5. The van der Waals surface area contributed by atoms with E-state index in [0.717, 1.165) is 11.3 Å². The first-order valence-corrected chi connectivity index (χ1v) is 11.6. The van der Waals surface area contributed by atoms with Crippen molar-refractivity contribution in [3.8, 4) is 5.75 Å². The molecule has 0 bridgehead atoms. The standard InChI is InChI=1S/C20H20N2O4S2/c1-13-7-9-14(10-8-13)22-16-11-28(24,25)12-18(16)27-20(22)21-19(23)15-5-3-4-6-17(15)26-2/h3-10,16,18H,11-12H2,1-2H3/t16-,18+/m0/s1. The second kappa shape index (κ2) is 7.25. The van der Waals surface area contributed by atoms with E-state index in [-0.39, 0.29) is 22.8 Å². The van der Waals surface area contributed by atoms with E-state index in [4.69, 9.17) is 4.74 Å². The monoisotopic (exact) mass is 416 g/mol. The van der Waals surface area contributed by atoms with E-state index < -0.39 is 15.7 Å². The van der Waals surface area contributed by atoms with Crippen LogP contribution in [0.25, 0.3) is 0 Å². The fraction of sp³-hybridized carbons (Fsp3) is 0.300. The number of amides is 1. The average molecular weight is 417 g/mol. The molecule has 8 heteroatoms. The molecule has 6 nitrogen and oxygen atoms in total. The van der Waals surface area contributed by atoms with Gasteiger partial charge in [0.1, 0.15) is 5.75 Å². The molecule has 2 aliphatic heterocycles. The number of carbonyl (C=O) groups excluding carboxylic acids is 1. The van der Waals surface area contributed by atoms with E-state index in [9.17, 15) is 13.2 Å². The van der Waals surface area contributed by atoms with Crippen LogP contribution in [0.1, 0.15) is 15.9 Å². The highest BCUT2D eigenvalue weighted by atomic mass is 32.2. The Labute approximate surface area is 168 Å². The van der Waals surface area contributed by atoms with Crippen LogP contribution in [0.3, 0.4) is 0 Å². The highest BCUT2D eigenvalue weighted by Crippen LogP contribution is 2.41. The second-order valence-electron chi connectivity index (χ2n) is 6.91. The molecule has 0 radical (unpaired) electrons. The van der Waals surface area contributed by atoms with Crippen LogP contribution in [-0.4, -0.2) is 49.4 Å². The molecule has 4 rings (SSSR count). The summed E-state index contributed by atoms with van der Waals surface area (Å²) >= 11 is 1.36. The van der Waals surface area contributed by atoms with Gasteiger partial charge in [-0.3, -0.25) is 4.79 Å². The number of para-hydroxylation sites is 1. The van der Waals surface area contributed by atoms with Crippen LogP contribution in [0, 0.1) is 6.92 Å². The summed E-state index contributed by atoms with van der Waals surface area (Å²) in [7, 11) is -1.58. The lowest BCUT2D eigenvalue weighted by molar-refractivity contribution is 0.1000. The van der Waals surface area contributed by atoms with Crippen molar-refractivity contribution in [3.05, 3.63) is 59.7 Å². The molecule has 28 heavy (non-hydrogen) atoms. The van der Waals surface area contributed by atoms with E-state index in [1.54, 1.807) is 24.3 Å². The Morgan fingerprint density at radius 3 is 2.57 bits per heavy atom. The summed E-state index contributed by atoms with van der Waals surface area (Å²) in [4.78, 5) is 19.1. The van der Waals surface area contributed by atoms with Gasteiger partial charge in [0.2, 0.25) is 0 Å². The molecule has 0 N–H and O–H groups in total. The zero-order valence-electron chi connectivity index (χ0n) is 15.5. The third kappa shape index (κ3) is 3.54. The zero-order valence-corrected chi connectivity index (χ0v) is 17.2. The van der Waals surface area contributed by atoms with Crippen LogP contribution in [0.4, 0.5) is 5.69 Å². The van der Waals surface area contributed by atoms with Crippen LogP contribution in [0.15, 0.2) is 53.5 Å². The SMILES string of the molecule is COc1ccccc1C(=O)N=C1S[C@@H]2CS(=O)(=O)C[C@@H]2N1c1ccc(C)cc1. The molecule has 2 fully saturated rings. The Balaban J connectivity index is 1.73. The first-order valence-electron chi connectivity index (χ1n) is 8.87. The second-order valence-corrected chi connectivity index (χ2v) is 10.3. The predicted octanol–water partition coefficient (Wildman–Crippen LogP) is 2.92. The van der Waals surface area contributed by atoms with Crippen LogP contribution < -0.4 is 9.64 Å². The number of hydrogen-bond donors (Lipinski definition) is 0. The van der Waals surface area contributed by atoms with Gasteiger partial charge in [0, 0.05) is 10.9 Å².